The number of halogens is 3. The van der Waals surface area contributed by atoms with E-state index in [4.69, 9.17) is 12.2 Å². The van der Waals surface area contributed by atoms with E-state index in [2.05, 4.69) is 15.5 Å². The Hall–Kier alpha value is -2.46. The van der Waals surface area contributed by atoms with Crippen LogP contribution in [0, 0.1) is 10.7 Å². The van der Waals surface area contributed by atoms with Crippen LogP contribution in [0.25, 0.3) is 10.7 Å². The third kappa shape index (κ3) is 6.04. The summed E-state index contributed by atoms with van der Waals surface area (Å²) in [5.74, 6) is 0.584. The number of aromatic nitrogens is 3. The average Bonchev–Trinajstić information content (AvgIpc) is 3.34. The van der Waals surface area contributed by atoms with Crippen molar-refractivity contribution in [3.8, 4) is 10.7 Å². The highest BCUT2D eigenvalue weighted by molar-refractivity contribution is 7.71. The Morgan fingerprint density at radius 3 is 2.71 bits per heavy atom. The zero-order valence-corrected chi connectivity index (χ0v) is 18.7. The first-order chi connectivity index (χ1) is 14.6. The molecule has 5 nitrogen and oxygen atoms in total. The molecule has 166 valence electrons. The molecule has 3 aromatic rings. The molecule has 2 heterocycles. The lowest BCUT2D eigenvalue weighted by Crippen LogP contribution is -2.30. The second-order valence-electron chi connectivity index (χ2n) is 7.60. The van der Waals surface area contributed by atoms with Gasteiger partial charge < -0.3 is 5.32 Å². The lowest BCUT2D eigenvalue weighted by molar-refractivity contribution is -0.137. The number of nitrogens with one attached hydrogen (secondary N) is 2. The fourth-order valence-corrected chi connectivity index (χ4v) is 4.23. The SMILES string of the molecule is CC(C)CC(NC(=O)CCn1c(-c2cccs2)n[nH]c1=S)c1cccc(C(F)(F)F)c1. The van der Waals surface area contributed by atoms with Gasteiger partial charge in [-0.2, -0.15) is 18.3 Å². The summed E-state index contributed by atoms with van der Waals surface area (Å²) >= 11 is 6.79. The molecule has 1 atom stereocenters. The number of rotatable bonds is 8. The Balaban J connectivity index is 1.73. The van der Waals surface area contributed by atoms with Crippen LogP contribution in [0.2, 0.25) is 0 Å². The summed E-state index contributed by atoms with van der Waals surface area (Å²) < 4.78 is 41.5. The van der Waals surface area contributed by atoms with Gasteiger partial charge in [-0.25, -0.2) is 0 Å². The molecule has 1 amide bonds. The molecule has 3 rings (SSSR count). The van der Waals surface area contributed by atoms with Gasteiger partial charge in [0.1, 0.15) is 0 Å². The van der Waals surface area contributed by atoms with Gasteiger partial charge in [-0.3, -0.25) is 14.5 Å². The summed E-state index contributed by atoms with van der Waals surface area (Å²) in [7, 11) is 0. The molecule has 0 saturated heterocycles. The molecule has 0 aliphatic heterocycles. The van der Waals surface area contributed by atoms with E-state index in [1.807, 2.05) is 31.4 Å². The third-order valence-electron chi connectivity index (χ3n) is 4.72. The molecule has 0 bridgehead atoms. The summed E-state index contributed by atoms with van der Waals surface area (Å²) in [6.45, 7) is 4.24. The van der Waals surface area contributed by atoms with Gasteiger partial charge in [0.25, 0.3) is 0 Å². The van der Waals surface area contributed by atoms with Crippen LogP contribution in [-0.2, 0) is 17.5 Å². The van der Waals surface area contributed by atoms with Crippen molar-refractivity contribution in [2.75, 3.05) is 0 Å². The summed E-state index contributed by atoms with van der Waals surface area (Å²) in [5.41, 5.74) is -0.283. The van der Waals surface area contributed by atoms with Crippen molar-refractivity contribution in [1.82, 2.24) is 20.1 Å². The molecule has 10 heteroatoms. The lowest BCUT2D eigenvalue weighted by Gasteiger charge is -2.22. The van der Waals surface area contributed by atoms with Crippen molar-refractivity contribution < 1.29 is 18.0 Å². The average molecular weight is 469 g/mol. The molecule has 0 radical (unpaired) electrons. The van der Waals surface area contributed by atoms with Gasteiger partial charge >= 0.3 is 6.18 Å². The van der Waals surface area contributed by atoms with Crippen LogP contribution in [0.5, 0.6) is 0 Å². The molecule has 1 aromatic carbocycles. The number of alkyl halides is 3. The Kier molecular flexibility index (Phi) is 7.32. The van der Waals surface area contributed by atoms with Gasteiger partial charge in [0.15, 0.2) is 10.6 Å². The van der Waals surface area contributed by atoms with E-state index in [1.165, 1.54) is 17.4 Å². The number of carbonyl (C=O) groups excluding carboxylic acids is 1. The summed E-state index contributed by atoms with van der Waals surface area (Å²) in [4.78, 5) is 13.6. The Morgan fingerprint density at radius 2 is 2.06 bits per heavy atom. The molecular formula is C21H23F3N4OS2. The molecule has 0 spiro atoms. The van der Waals surface area contributed by atoms with Gasteiger partial charge in [-0.05, 0) is 53.7 Å². The number of thiophene rings is 1. The molecule has 2 aromatic heterocycles. The van der Waals surface area contributed by atoms with Crippen molar-refractivity contribution >= 4 is 29.5 Å². The number of carbonyl (C=O) groups is 1. The maximum absolute atomic E-state index is 13.1. The van der Waals surface area contributed by atoms with Crippen molar-refractivity contribution in [2.24, 2.45) is 5.92 Å². The number of benzene rings is 1. The largest absolute Gasteiger partial charge is 0.416 e. The van der Waals surface area contributed by atoms with E-state index in [9.17, 15) is 18.0 Å². The van der Waals surface area contributed by atoms with Crippen molar-refractivity contribution in [1.29, 1.82) is 0 Å². The van der Waals surface area contributed by atoms with Crippen LogP contribution in [0.1, 0.15) is 43.9 Å². The predicted octanol–water partition coefficient (Wildman–Crippen LogP) is 5.98. The van der Waals surface area contributed by atoms with Crippen molar-refractivity contribution in [3.05, 3.63) is 57.7 Å². The highest BCUT2D eigenvalue weighted by Crippen LogP contribution is 2.32. The predicted molar refractivity (Wildman–Crippen MR) is 117 cm³/mol. The van der Waals surface area contributed by atoms with Gasteiger partial charge in [-0.1, -0.05) is 32.0 Å². The molecule has 0 aliphatic rings. The smallest absolute Gasteiger partial charge is 0.349 e. The van der Waals surface area contributed by atoms with Crippen molar-refractivity contribution in [2.45, 2.75) is 45.5 Å². The standard InChI is InChI=1S/C21H23F3N4OS2/c1-13(2)11-16(14-5-3-6-15(12-14)21(22,23)24)25-18(29)8-9-28-19(26-27-20(28)30)17-7-4-10-31-17/h3-7,10,12-13,16H,8-9,11H2,1-2H3,(H,25,29)(H,27,30). The quantitative estimate of drug-likeness (QED) is 0.400. The molecule has 31 heavy (non-hydrogen) atoms. The topological polar surface area (TPSA) is 62.7 Å². The molecule has 0 fully saturated rings. The molecule has 0 aliphatic carbocycles. The van der Waals surface area contributed by atoms with E-state index >= 15 is 0 Å². The lowest BCUT2D eigenvalue weighted by atomic mass is 9.95. The van der Waals surface area contributed by atoms with E-state index in [1.54, 1.807) is 10.6 Å². The van der Waals surface area contributed by atoms with Crippen molar-refractivity contribution in [3.63, 3.8) is 0 Å². The summed E-state index contributed by atoms with van der Waals surface area (Å²) in [6.07, 6.45) is -3.78. The fraction of sp³-hybridized carbons (Fsp3) is 0.381. The monoisotopic (exact) mass is 468 g/mol. The zero-order chi connectivity index (χ0) is 22.6. The Bertz CT molecular complexity index is 1070. The maximum atomic E-state index is 13.1. The first-order valence-corrected chi connectivity index (χ1v) is 11.1. The minimum absolute atomic E-state index is 0.125. The minimum atomic E-state index is -4.43. The van der Waals surface area contributed by atoms with Crippen LogP contribution in [0.3, 0.4) is 0 Å². The Labute approximate surface area is 187 Å². The molecular weight excluding hydrogens is 445 g/mol. The summed E-state index contributed by atoms with van der Waals surface area (Å²) in [5, 5.41) is 11.8. The van der Waals surface area contributed by atoms with E-state index in [-0.39, 0.29) is 18.2 Å². The molecule has 0 saturated carbocycles. The van der Waals surface area contributed by atoms with E-state index < -0.39 is 17.8 Å². The third-order valence-corrected chi connectivity index (χ3v) is 5.90. The summed E-state index contributed by atoms with van der Waals surface area (Å²) in [6, 6.07) is 8.43. The Morgan fingerprint density at radius 1 is 1.29 bits per heavy atom. The normalized spacial score (nSPS) is 12.8. The number of amides is 1. The van der Waals surface area contributed by atoms with Crippen LogP contribution in [0.4, 0.5) is 13.2 Å². The van der Waals surface area contributed by atoms with Crippen LogP contribution < -0.4 is 5.32 Å². The number of aromatic amines is 1. The molecule has 1 unspecified atom stereocenters. The van der Waals surface area contributed by atoms with E-state index in [0.29, 0.717) is 29.1 Å². The zero-order valence-electron chi connectivity index (χ0n) is 17.1. The van der Waals surface area contributed by atoms with Gasteiger partial charge in [-0.15, -0.1) is 11.3 Å². The maximum Gasteiger partial charge on any atom is 0.416 e. The first kappa shape index (κ1) is 23.2. The highest BCUT2D eigenvalue weighted by Gasteiger charge is 2.31. The van der Waals surface area contributed by atoms with Gasteiger partial charge in [0.05, 0.1) is 16.5 Å². The minimum Gasteiger partial charge on any atom is -0.349 e. The molecule has 2 N–H and O–H groups in total. The number of nitrogens with zero attached hydrogens (tertiary/aromatic N) is 2. The van der Waals surface area contributed by atoms with E-state index in [0.717, 1.165) is 17.0 Å². The number of hydrogen-bond donors (Lipinski definition) is 2. The first-order valence-electron chi connectivity index (χ1n) is 9.80. The number of H-pyrrole nitrogens is 1. The highest BCUT2D eigenvalue weighted by atomic mass is 32.1. The second-order valence-corrected chi connectivity index (χ2v) is 8.94. The van der Waals surface area contributed by atoms with Gasteiger partial charge in [0, 0.05) is 13.0 Å². The van der Waals surface area contributed by atoms with Crippen LogP contribution in [0.15, 0.2) is 41.8 Å². The van der Waals surface area contributed by atoms with Crippen LogP contribution in [-0.4, -0.2) is 20.7 Å². The van der Waals surface area contributed by atoms with Crippen LogP contribution >= 0.6 is 23.6 Å². The van der Waals surface area contributed by atoms with Gasteiger partial charge in [0.2, 0.25) is 5.91 Å². The second kappa shape index (κ2) is 9.78. The number of hydrogen-bond acceptors (Lipinski definition) is 4. The fourth-order valence-electron chi connectivity index (χ4n) is 3.28.